The summed E-state index contributed by atoms with van der Waals surface area (Å²) in [5.74, 6) is 0.892. The Balaban J connectivity index is 1.55. The first-order valence-corrected chi connectivity index (χ1v) is 6.99. The molecule has 1 heterocycles. The highest BCUT2D eigenvalue weighted by Gasteiger charge is 2.13. The summed E-state index contributed by atoms with van der Waals surface area (Å²) in [6.07, 6.45) is 3.32. The third kappa shape index (κ3) is 5.19. The van der Waals surface area contributed by atoms with Gasteiger partial charge in [0.1, 0.15) is 5.75 Å². The van der Waals surface area contributed by atoms with Crippen LogP contribution in [0.3, 0.4) is 0 Å². The number of rotatable bonds is 7. The summed E-state index contributed by atoms with van der Waals surface area (Å²) < 4.78 is 16.7. The highest BCUT2D eigenvalue weighted by Crippen LogP contribution is 2.13. The minimum atomic E-state index is 0.373. The molecule has 106 valence electrons. The molecule has 0 aliphatic carbocycles. The SMILES string of the molecule is NCc1ccc(OCCCOC2CCOCC2)cc1. The molecule has 2 rings (SSSR count). The lowest BCUT2D eigenvalue weighted by Gasteiger charge is -2.22. The van der Waals surface area contributed by atoms with Crippen LogP contribution >= 0.6 is 0 Å². The normalized spacial score (nSPS) is 16.5. The van der Waals surface area contributed by atoms with Crippen molar-refractivity contribution in [3.63, 3.8) is 0 Å². The van der Waals surface area contributed by atoms with Crippen molar-refractivity contribution in [3.05, 3.63) is 29.8 Å². The molecule has 1 fully saturated rings. The van der Waals surface area contributed by atoms with E-state index in [9.17, 15) is 0 Å². The smallest absolute Gasteiger partial charge is 0.119 e. The summed E-state index contributed by atoms with van der Waals surface area (Å²) in [5, 5.41) is 0. The van der Waals surface area contributed by atoms with Crippen LogP contribution in [-0.2, 0) is 16.0 Å². The van der Waals surface area contributed by atoms with Crippen molar-refractivity contribution in [2.45, 2.75) is 31.9 Å². The number of benzene rings is 1. The number of nitrogens with two attached hydrogens (primary N) is 1. The first-order chi connectivity index (χ1) is 9.38. The predicted molar refractivity (Wildman–Crippen MR) is 74.2 cm³/mol. The molecule has 2 N–H and O–H groups in total. The van der Waals surface area contributed by atoms with E-state index in [0.29, 0.717) is 19.3 Å². The number of hydrogen-bond donors (Lipinski definition) is 1. The molecule has 0 unspecified atom stereocenters. The third-order valence-corrected chi connectivity index (χ3v) is 3.24. The standard InChI is InChI=1S/C15H23NO3/c16-12-13-2-4-14(5-3-13)18-8-1-9-19-15-6-10-17-11-7-15/h2-5,15H,1,6-12,16H2. The second-order valence-electron chi connectivity index (χ2n) is 4.73. The molecule has 0 aromatic heterocycles. The first-order valence-electron chi connectivity index (χ1n) is 6.99. The van der Waals surface area contributed by atoms with Crippen LogP contribution in [0.15, 0.2) is 24.3 Å². The Morgan fingerprint density at radius 1 is 1.11 bits per heavy atom. The third-order valence-electron chi connectivity index (χ3n) is 3.24. The molecule has 0 radical (unpaired) electrons. The molecule has 0 saturated carbocycles. The van der Waals surface area contributed by atoms with Crippen molar-refractivity contribution < 1.29 is 14.2 Å². The Morgan fingerprint density at radius 3 is 2.53 bits per heavy atom. The maximum atomic E-state index is 5.78. The van der Waals surface area contributed by atoms with Crippen LogP contribution in [0.2, 0.25) is 0 Å². The van der Waals surface area contributed by atoms with E-state index in [2.05, 4.69) is 0 Å². The van der Waals surface area contributed by atoms with Gasteiger partial charge in [0.15, 0.2) is 0 Å². The average Bonchev–Trinajstić information content (AvgIpc) is 2.49. The molecule has 1 saturated heterocycles. The van der Waals surface area contributed by atoms with Crippen LogP contribution < -0.4 is 10.5 Å². The monoisotopic (exact) mass is 265 g/mol. The van der Waals surface area contributed by atoms with E-state index in [-0.39, 0.29) is 0 Å². The Morgan fingerprint density at radius 2 is 1.84 bits per heavy atom. The van der Waals surface area contributed by atoms with Crippen LogP contribution in [0.25, 0.3) is 0 Å². The van der Waals surface area contributed by atoms with Crippen molar-refractivity contribution in [2.24, 2.45) is 5.73 Å². The molecule has 0 atom stereocenters. The van der Waals surface area contributed by atoms with Crippen molar-refractivity contribution in [3.8, 4) is 5.75 Å². The summed E-state index contributed by atoms with van der Waals surface area (Å²) in [4.78, 5) is 0. The largest absolute Gasteiger partial charge is 0.494 e. The van der Waals surface area contributed by atoms with Crippen molar-refractivity contribution in [2.75, 3.05) is 26.4 Å². The van der Waals surface area contributed by atoms with Crippen LogP contribution in [0.4, 0.5) is 0 Å². The topological polar surface area (TPSA) is 53.7 Å². The second kappa shape index (κ2) is 8.15. The lowest BCUT2D eigenvalue weighted by molar-refractivity contribution is -0.0341. The van der Waals surface area contributed by atoms with E-state index in [4.69, 9.17) is 19.9 Å². The van der Waals surface area contributed by atoms with E-state index >= 15 is 0 Å². The highest BCUT2D eigenvalue weighted by molar-refractivity contribution is 5.26. The lowest BCUT2D eigenvalue weighted by Crippen LogP contribution is -2.24. The molecule has 0 bridgehead atoms. The Bertz CT molecular complexity index is 347. The molecule has 1 aliphatic rings. The van der Waals surface area contributed by atoms with Crippen LogP contribution in [0, 0.1) is 0 Å². The molecular formula is C15H23NO3. The van der Waals surface area contributed by atoms with Crippen molar-refractivity contribution >= 4 is 0 Å². The Hall–Kier alpha value is -1.10. The van der Waals surface area contributed by atoms with Gasteiger partial charge in [0.05, 0.1) is 19.3 Å². The molecule has 1 aliphatic heterocycles. The van der Waals surface area contributed by atoms with Gasteiger partial charge in [-0.3, -0.25) is 0 Å². The minimum absolute atomic E-state index is 0.373. The molecule has 1 aromatic carbocycles. The quantitative estimate of drug-likeness (QED) is 0.767. The molecule has 0 spiro atoms. The van der Waals surface area contributed by atoms with Gasteiger partial charge < -0.3 is 19.9 Å². The minimum Gasteiger partial charge on any atom is -0.494 e. The summed E-state index contributed by atoms with van der Waals surface area (Å²) >= 11 is 0. The van der Waals surface area contributed by atoms with Gasteiger partial charge in [-0.05, 0) is 30.5 Å². The summed E-state index contributed by atoms with van der Waals surface area (Å²) in [6, 6.07) is 7.91. The van der Waals surface area contributed by atoms with Gasteiger partial charge in [0.25, 0.3) is 0 Å². The number of hydrogen-bond acceptors (Lipinski definition) is 4. The van der Waals surface area contributed by atoms with Gasteiger partial charge in [-0.25, -0.2) is 0 Å². The lowest BCUT2D eigenvalue weighted by atomic mass is 10.1. The summed E-state index contributed by atoms with van der Waals surface area (Å²) in [5.41, 5.74) is 6.66. The van der Waals surface area contributed by atoms with E-state index in [1.807, 2.05) is 24.3 Å². The molecular weight excluding hydrogens is 242 g/mol. The van der Waals surface area contributed by atoms with E-state index in [1.54, 1.807) is 0 Å². The maximum Gasteiger partial charge on any atom is 0.119 e. The molecule has 4 heteroatoms. The Labute approximate surface area is 114 Å². The van der Waals surface area contributed by atoms with Crippen LogP contribution in [0.1, 0.15) is 24.8 Å². The molecule has 19 heavy (non-hydrogen) atoms. The highest BCUT2D eigenvalue weighted by atomic mass is 16.5. The van der Waals surface area contributed by atoms with Gasteiger partial charge in [-0.1, -0.05) is 12.1 Å². The van der Waals surface area contributed by atoms with E-state index in [0.717, 1.165) is 50.4 Å². The average molecular weight is 265 g/mol. The fourth-order valence-electron chi connectivity index (χ4n) is 2.06. The fraction of sp³-hybridized carbons (Fsp3) is 0.600. The van der Waals surface area contributed by atoms with Gasteiger partial charge in [0, 0.05) is 26.2 Å². The van der Waals surface area contributed by atoms with Gasteiger partial charge >= 0.3 is 0 Å². The predicted octanol–water partition coefficient (Wildman–Crippen LogP) is 2.11. The summed E-state index contributed by atoms with van der Waals surface area (Å²) in [6.45, 7) is 3.67. The zero-order valence-corrected chi connectivity index (χ0v) is 11.3. The number of ether oxygens (including phenoxy) is 3. The first kappa shape index (κ1) is 14.3. The molecule has 4 nitrogen and oxygen atoms in total. The van der Waals surface area contributed by atoms with Crippen molar-refractivity contribution in [1.82, 2.24) is 0 Å². The van der Waals surface area contributed by atoms with E-state index in [1.165, 1.54) is 0 Å². The molecule has 0 amide bonds. The van der Waals surface area contributed by atoms with Crippen LogP contribution in [0.5, 0.6) is 5.75 Å². The van der Waals surface area contributed by atoms with E-state index < -0.39 is 0 Å². The zero-order chi connectivity index (χ0) is 13.3. The zero-order valence-electron chi connectivity index (χ0n) is 11.3. The second-order valence-corrected chi connectivity index (χ2v) is 4.73. The van der Waals surface area contributed by atoms with Gasteiger partial charge in [-0.15, -0.1) is 0 Å². The summed E-state index contributed by atoms with van der Waals surface area (Å²) in [7, 11) is 0. The van der Waals surface area contributed by atoms with Crippen molar-refractivity contribution in [1.29, 1.82) is 0 Å². The fourth-order valence-corrected chi connectivity index (χ4v) is 2.06. The molecule has 1 aromatic rings. The maximum absolute atomic E-state index is 5.78. The Kier molecular flexibility index (Phi) is 6.14. The van der Waals surface area contributed by atoms with Crippen LogP contribution in [-0.4, -0.2) is 32.5 Å². The van der Waals surface area contributed by atoms with Gasteiger partial charge in [0.2, 0.25) is 0 Å². The van der Waals surface area contributed by atoms with Gasteiger partial charge in [-0.2, -0.15) is 0 Å².